The summed E-state index contributed by atoms with van der Waals surface area (Å²) in [7, 11) is 2.79. The number of fused-ring (bicyclic) bond motifs is 1. The number of alkyl halides is 3. The highest BCUT2D eigenvalue weighted by atomic mass is 19.4. The molecule has 168 valence electrons. The smallest absolute Gasteiger partial charge is 0.347 e. The lowest BCUT2D eigenvalue weighted by atomic mass is 10.1. The van der Waals surface area contributed by atoms with Crippen LogP contribution in [0.2, 0.25) is 0 Å². The van der Waals surface area contributed by atoms with E-state index < -0.39 is 31.1 Å². The van der Waals surface area contributed by atoms with Crippen LogP contribution in [0.5, 0.6) is 0 Å². The number of benzene rings is 2. The molecule has 1 aromatic heterocycles. The summed E-state index contributed by atoms with van der Waals surface area (Å²) in [5.74, 6) is -1.16. The Morgan fingerprint density at radius 1 is 1.03 bits per heavy atom. The van der Waals surface area contributed by atoms with Crippen LogP contribution in [-0.2, 0) is 4.79 Å². The molecule has 32 heavy (non-hydrogen) atoms. The van der Waals surface area contributed by atoms with Gasteiger partial charge in [-0.2, -0.15) is 13.2 Å². The third kappa shape index (κ3) is 4.96. The third-order valence-electron chi connectivity index (χ3n) is 4.80. The molecular formula is C22H21F3N4O3. The average molecular weight is 446 g/mol. The van der Waals surface area contributed by atoms with E-state index in [9.17, 15) is 27.6 Å². The molecule has 0 spiro atoms. The van der Waals surface area contributed by atoms with Gasteiger partial charge >= 0.3 is 6.18 Å². The molecule has 0 aliphatic carbocycles. The van der Waals surface area contributed by atoms with E-state index in [1.807, 2.05) is 0 Å². The first-order chi connectivity index (χ1) is 15.0. The average Bonchev–Trinajstić information content (AvgIpc) is 2.72. The number of rotatable bonds is 5. The predicted octanol–water partition coefficient (Wildman–Crippen LogP) is 2.79. The van der Waals surface area contributed by atoms with Crippen molar-refractivity contribution in [3.63, 3.8) is 0 Å². The first-order valence-electron chi connectivity index (χ1n) is 9.63. The molecule has 0 N–H and O–H groups in total. The van der Waals surface area contributed by atoms with E-state index in [4.69, 9.17) is 0 Å². The standard InChI is InChI=1S/C22H21F3N4O3/c1-14-26-18-7-5-4-6-17(18)21(32)29(14)16-10-8-15(9-11-16)20(31)28(13-22(23,24)25)12-19(30)27(2)3/h4-11H,12-13H2,1-3H3. The molecule has 0 saturated carbocycles. The van der Waals surface area contributed by atoms with Crippen LogP contribution in [0.1, 0.15) is 16.2 Å². The van der Waals surface area contributed by atoms with Crippen molar-refractivity contribution in [2.75, 3.05) is 27.2 Å². The Hall–Kier alpha value is -3.69. The zero-order valence-electron chi connectivity index (χ0n) is 17.7. The first kappa shape index (κ1) is 23.0. The van der Waals surface area contributed by atoms with E-state index in [-0.39, 0.29) is 11.1 Å². The van der Waals surface area contributed by atoms with Crippen LogP contribution >= 0.6 is 0 Å². The van der Waals surface area contributed by atoms with Crippen molar-refractivity contribution in [2.45, 2.75) is 13.1 Å². The number of nitrogens with zero attached hydrogens (tertiary/aromatic N) is 4. The normalized spacial score (nSPS) is 11.4. The summed E-state index contributed by atoms with van der Waals surface area (Å²) in [4.78, 5) is 43.5. The number of hydrogen-bond donors (Lipinski definition) is 0. The molecule has 2 amide bonds. The second-order valence-electron chi connectivity index (χ2n) is 7.43. The van der Waals surface area contributed by atoms with E-state index in [2.05, 4.69) is 4.98 Å². The van der Waals surface area contributed by atoms with Crippen molar-refractivity contribution in [1.29, 1.82) is 0 Å². The lowest BCUT2D eigenvalue weighted by Gasteiger charge is -2.25. The zero-order chi connectivity index (χ0) is 23.6. The maximum absolute atomic E-state index is 13.0. The largest absolute Gasteiger partial charge is 0.406 e. The van der Waals surface area contributed by atoms with Gasteiger partial charge in [-0.15, -0.1) is 0 Å². The van der Waals surface area contributed by atoms with Gasteiger partial charge in [-0.3, -0.25) is 19.0 Å². The summed E-state index contributed by atoms with van der Waals surface area (Å²) >= 11 is 0. The van der Waals surface area contributed by atoms with Crippen molar-refractivity contribution in [2.24, 2.45) is 0 Å². The number of hydrogen-bond acceptors (Lipinski definition) is 4. The molecule has 0 saturated heterocycles. The van der Waals surface area contributed by atoms with Crippen molar-refractivity contribution in [1.82, 2.24) is 19.4 Å². The van der Waals surface area contributed by atoms with Gasteiger partial charge in [0.05, 0.1) is 16.6 Å². The van der Waals surface area contributed by atoms with Gasteiger partial charge in [-0.1, -0.05) is 12.1 Å². The first-order valence-corrected chi connectivity index (χ1v) is 9.63. The summed E-state index contributed by atoms with van der Waals surface area (Å²) in [6.45, 7) is -0.606. The maximum atomic E-state index is 13.0. The molecule has 0 aliphatic heterocycles. The minimum absolute atomic E-state index is 0.0380. The number of para-hydroxylation sites is 1. The lowest BCUT2D eigenvalue weighted by Crippen LogP contribution is -2.44. The number of likely N-dealkylation sites (N-methyl/N-ethyl adjacent to an activating group) is 1. The molecule has 3 rings (SSSR count). The van der Waals surface area contributed by atoms with Crippen molar-refractivity contribution in [3.8, 4) is 5.69 Å². The van der Waals surface area contributed by atoms with Crippen LogP contribution < -0.4 is 5.56 Å². The summed E-state index contributed by atoms with van der Waals surface area (Å²) in [6.07, 6.45) is -4.66. The lowest BCUT2D eigenvalue weighted by molar-refractivity contribution is -0.146. The van der Waals surface area contributed by atoms with Gasteiger partial charge in [0, 0.05) is 19.7 Å². The van der Waals surface area contributed by atoms with Crippen LogP contribution in [0.3, 0.4) is 0 Å². The molecule has 10 heteroatoms. The van der Waals surface area contributed by atoms with Gasteiger partial charge in [0.25, 0.3) is 11.5 Å². The fraction of sp³-hybridized carbons (Fsp3) is 0.273. The van der Waals surface area contributed by atoms with Crippen LogP contribution in [0.25, 0.3) is 16.6 Å². The van der Waals surface area contributed by atoms with Crippen molar-refractivity contribution < 1.29 is 22.8 Å². The zero-order valence-corrected chi connectivity index (χ0v) is 17.7. The SMILES string of the molecule is Cc1nc2ccccc2c(=O)n1-c1ccc(C(=O)N(CC(=O)N(C)C)CC(F)(F)F)cc1. The van der Waals surface area contributed by atoms with Crippen molar-refractivity contribution in [3.05, 3.63) is 70.3 Å². The highest BCUT2D eigenvalue weighted by Crippen LogP contribution is 2.19. The minimum Gasteiger partial charge on any atom is -0.347 e. The molecule has 0 atom stereocenters. The van der Waals surface area contributed by atoms with E-state index in [1.54, 1.807) is 31.2 Å². The quantitative estimate of drug-likeness (QED) is 0.604. The van der Waals surface area contributed by atoms with Crippen LogP contribution in [-0.4, -0.2) is 64.5 Å². The number of aryl methyl sites for hydroxylation is 1. The Kier molecular flexibility index (Phi) is 6.33. The maximum Gasteiger partial charge on any atom is 0.406 e. The number of aromatic nitrogens is 2. The predicted molar refractivity (Wildman–Crippen MR) is 113 cm³/mol. The van der Waals surface area contributed by atoms with E-state index in [0.717, 1.165) is 4.90 Å². The van der Waals surface area contributed by atoms with Crippen molar-refractivity contribution >= 4 is 22.7 Å². The monoisotopic (exact) mass is 446 g/mol. The highest BCUT2D eigenvalue weighted by Gasteiger charge is 2.34. The van der Waals surface area contributed by atoms with Crippen LogP contribution in [0.4, 0.5) is 13.2 Å². The van der Waals surface area contributed by atoms with Crippen LogP contribution in [0, 0.1) is 6.92 Å². The number of halogens is 3. The number of carbonyl (C=O) groups excluding carboxylic acids is 2. The fourth-order valence-electron chi connectivity index (χ4n) is 3.20. The fourth-order valence-corrected chi connectivity index (χ4v) is 3.20. The van der Waals surface area contributed by atoms with E-state index in [0.29, 0.717) is 27.3 Å². The van der Waals surface area contributed by atoms with E-state index >= 15 is 0 Å². The molecule has 0 radical (unpaired) electrons. The summed E-state index contributed by atoms with van der Waals surface area (Å²) in [5, 5.41) is 0.414. The molecule has 2 aromatic carbocycles. The molecule has 1 heterocycles. The van der Waals surface area contributed by atoms with Crippen LogP contribution in [0.15, 0.2) is 53.3 Å². The Morgan fingerprint density at radius 2 is 1.66 bits per heavy atom. The molecule has 0 bridgehead atoms. The second-order valence-corrected chi connectivity index (χ2v) is 7.43. The Bertz CT molecular complexity index is 1220. The minimum atomic E-state index is -4.66. The second kappa shape index (κ2) is 8.81. The molecule has 3 aromatic rings. The summed E-state index contributed by atoms with van der Waals surface area (Å²) < 4.78 is 40.3. The molecular weight excluding hydrogens is 425 g/mol. The summed E-state index contributed by atoms with van der Waals surface area (Å²) in [5.41, 5.74) is 0.618. The van der Waals surface area contributed by atoms with E-state index in [1.165, 1.54) is 42.9 Å². The van der Waals surface area contributed by atoms with Gasteiger partial charge in [-0.25, -0.2) is 4.98 Å². The molecule has 0 fully saturated rings. The molecule has 7 nitrogen and oxygen atoms in total. The number of amides is 2. The van der Waals surface area contributed by atoms with Gasteiger partial charge in [0.2, 0.25) is 5.91 Å². The number of carbonyl (C=O) groups is 2. The van der Waals surface area contributed by atoms with Gasteiger partial charge in [0.1, 0.15) is 18.9 Å². The van der Waals surface area contributed by atoms with Gasteiger partial charge in [-0.05, 0) is 43.3 Å². The Labute approximate surface area is 181 Å². The third-order valence-corrected chi connectivity index (χ3v) is 4.80. The highest BCUT2D eigenvalue weighted by molar-refractivity contribution is 5.96. The van der Waals surface area contributed by atoms with Gasteiger partial charge < -0.3 is 9.80 Å². The topological polar surface area (TPSA) is 75.5 Å². The Morgan fingerprint density at radius 3 is 2.25 bits per heavy atom. The Balaban J connectivity index is 1.95. The molecule has 0 unspecified atom stereocenters. The van der Waals surface area contributed by atoms with Gasteiger partial charge in [0.15, 0.2) is 0 Å². The summed E-state index contributed by atoms with van der Waals surface area (Å²) in [6, 6.07) is 12.4. The molecule has 0 aliphatic rings.